The molecule has 0 fully saturated rings. The van der Waals surface area contributed by atoms with E-state index in [0.717, 1.165) is 16.7 Å². The maximum Gasteiger partial charge on any atom is 0.349 e. The molecule has 5 rings (SSSR count). The van der Waals surface area contributed by atoms with Crippen molar-refractivity contribution in [2.45, 2.75) is 19.4 Å². The Morgan fingerprint density at radius 1 is 0.953 bits per heavy atom. The molecule has 1 aliphatic heterocycles. The van der Waals surface area contributed by atoms with Gasteiger partial charge in [0.05, 0.1) is 13.0 Å². The summed E-state index contributed by atoms with van der Waals surface area (Å²) < 4.78 is 28.4. The van der Waals surface area contributed by atoms with Crippen molar-refractivity contribution in [1.29, 1.82) is 5.26 Å². The van der Waals surface area contributed by atoms with Gasteiger partial charge in [0.15, 0.2) is 18.1 Å². The van der Waals surface area contributed by atoms with Crippen LogP contribution in [-0.2, 0) is 11.4 Å². The number of esters is 1. The number of fused-ring (bicyclic) bond motifs is 1. The molecule has 4 aromatic carbocycles. The van der Waals surface area contributed by atoms with E-state index in [0.29, 0.717) is 38.6 Å². The third-order valence-electron chi connectivity index (χ3n) is 6.77. The van der Waals surface area contributed by atoms with Crippen LogP contribution in [-0.4, -0.2) is 19.7 Å². The molecule has 0 bridgehead atoms. The van der Waals surface area contributed by atoms with Gasteiger partial charge in [-0.1, -0.05) is 53.5 Å². The molecule has 0 spiro atoms. The molecular weight excluding hydrogens is 591 g/mol. The number of benzene rings is 4. The summed E-state index contributed by atoms with van der Waals surface area (Å²) in [5.41, 5.74) is 9.45. The van der Waals surface area contributed by atoms with Gasteiger partial charge in [-0.3, -0.25) is 0 Å². The van der Waals surface area contributed by atoms with Crippen LogP contribution in [0.15, 0.2) is 90.3 Å². The zero-order valence-corrected chi connectivity index (χ0v) is 24.7. The molecule has 0 aliphatic carbocycles. The molecule has 10 heteroatoms. The number of halogens is 2. The number of aryl methyl sites for hydroxylation is 1. The Morgan fingerprint density at radius 3 is 2.49 bits per heavy atom. The first-order valence-electron chi connectivity index (χ1n) is 13.1. The highest BCUT2D eigenvalue weighted by Gasteiger charge is 2.32. The van der Waals surface area contributed by atoms with Gasteiger partial charge in [-0.15, -0.1) is 0 Å². The largest absolute Gasteiger partial charge is 0.493 e. The predicted molar refractivity (Wildman–Crippen MR) is 162 cm³/mol. The van der Waals surface area contributed by atoms with Gasteiger partial charge in [-0.2, -0.15) is 5.26 Å². The minimum Gasteiger partial charge on any atom is -0.493 e. The standard InChI is InChI=1S/C33H26Cl2N2O6/c1-19-13-22(9-11-26(19)34)40-18-31(38)42-23-8-10-24-29(15-23)43-33(37)25(16-36)32(24)20-7-12-28(30(14-20)39-2)41-17-21-5-3-4-6-27(21)35/h3-15,32H,17-18,37H2,1-2H3. The first-order valence-corrected chi connectivity index (χ1v) is 13.9. The highest BCUT2D eigenvalue weighted by molar-refractivity contribution is 6.31. The Balaban J connectivity index is 1.35. The predicted octanol–water partition coefficient (Wildman–Crippen LogP) is 7.09. The molecule has 8 nitrogen and oxygen atoms in total. The van der Waals surface area contributed by atoms with E-state index in [4.69, 9.17) is 52.6 Å². The van der Waals surface area contributed by atoms with Crippen molar-refractivity contribution in [2.24, 2.45) is 5.73 Å². The maximum absolute atomic E-state index is 12.5. The van der Waals surface area contributed by atoms with Gasteiger partial charge in [0.25, 0.3) is 0 Å². The second-order valence-electron chi connectivity index (χ2n) is 9.59. The van der Waals surface area contributed by atoms with E-state index < -0.39 is 11.9 Å². The SMILES string of the molecule is COc1cc(C2C(C#N)=C(N)Oc3cc(OC(=O)COc4ccc(Cl)c(C)c4)ccc32)ccc1OCc1ccccc1Cl. The number of hydrogen-bond acceptors (Lipinski definition) is 8. The minimum absolute atomic E-state index is 0.0528. The summed E-state index contributed by atoms with van der Waals surface area (Å²) in [6.45, 7) is 1.77. The molecule has 0 saturated heterocycles. The topological polar surface area (TPSA) is 113 Å². The number of ether oxygens (including phenoxy) is 5. The number of allylic oxidation sites excluding steroid dienone is 1. The Hall–Kier alpha value is -4.84. The maximum atomic E-state index is 12.5. The van der Waals surface area contributed by atoms with Crippen LogP contribution < -0.4 is 29.4 Å². The van der Waals surface area contributed by atoms with E-state index in [1.54, 1.807) is 54.6 Å². The average molecular weight is 617 g/mol. The van der Waals surface area contributed by atoms with Crippen LogP contribution in [0.25, 0.3) is 0 Å². The van der Waals surface area contributed by atoms with Crippen LogP contribution in [0.3, 0.4) is 0 Å². The summed E-state index contributed by atoms with van der Waals surface area (Å²) in [5.74, 6) is 0.810. The normalized spacial score (nSPS) is 13.8. The van der Waals surface area contributed by atoms with Crippen molar-refractivity contribution in [3.8, 4) is 34.8 Å². The summed E-state index contributed by atoms with van der Waals surface area (Å²) in [6.07, 6.45) is 0. The average Bonchev–Trinajstić information content (AvgIpc) is 3.00. The van der Waals surface area contributed by atoms with Crippen LogP contribution in [0.5, 0.6) is 28.7 Å². The number of carbonyl (C=O) groups excluding carboxylic acids is 1. The third kappa shape index (κ3) is 6.64. The molecule has 43 heavy (non-hydrogen) atoms. The second kappa shape index (κ2) is 13.0. The number of nitriles is 1. The van der Waals surface area contributed by atoms with Gasteiger partial charge in [0.1, 0.15) is 35.5 Å². The van der Waals surface area contributed by atoms with Gasteiger partial charge in [-0.05, 0) is 60.5 Å². The monoisotopic (exact) mass is 616 g/mol. The molecular formula is C33H26Cl2N2O6. The van der Waals surface area contributed by atoms with Crippen molar-refractivity contribution >= 4 is 29.2 Å². The Morgan fingerprint density at radius 2 is 1.74 bits per heavy atom. The van der Waals surface area contributed by atoms with Crippen molar-refractivity contribution in [2.75, 3.05) is 13.7 Å². The van der Waals surface area contributed by atoms with Crippen molar-refractivity contribution < 1.29 is 28.5 Å². The number of hydrogen-bond donors (Lipinski definition) is 1. The lowest BCUT2D eigenvalue weighted by atomic mass is 9.83. The smallest absolute Gasteiger partial charge is 0.349 e. The van der Waals surface area contributed by atoms with E-state index in [9.17, 15) is 10.1 Å². The van der Waals surface area contributed by atoms with E-state index in [-0.39, 0.29) is 30.4 Å². The molecule has 1 aliphatic rings. The molecule has 0 aromatic heterocycles. The third-order valence-corrected chi connectivity index (χ3v) is 7.56. The van der Waals surface area contributed by atoms with Crippen LogP contribution in [0.1, 0.15) is 28.2 Å². The number of methoxy groups -OCH3 is 1. The minimum atomic E-state index is -0.613. The molecule has 2 N–H and O–H groups in total. The number of nitrogens with two attached hydrogens (primary N) is 1. The second-order valence-corrected chi connectivity index (χ2v) is 10.4. The molecule has 0 radical (unpaired) electrons. The summed E-state index contributed by atoms with van der Waals surface area (Å²) in [6, 6.07) is 25.0. The summed E-state index contributed by atoms with van der Waals surface area (Å²) >= 11 is 12.3. The van der Waals surface area contributed by atoms with E-state index >= 15 is 0 Å². The number of nitrogens with zero attached hydrogens (tertiary/aromatic N) is 1. The molecule has 1 atom stereocenters. The summed E-state index contributed by atoms with van der Waals surface area (Å²) in [5, 5.41) is 11.2. The molecule has 4 aromatic rings. The fourth-order valence-electron chi connectivity index (χ4n) is 4.61. The molecule has 0 amide bonds. The van der Waals surface area contributed by atoms with Gasteiger partial charge in [0, 0.05) is 27.2 Å². The molecule has 1 heterocycles. The van der Waals surface area contributed by atoms with Crippen LogP contribution in [0.4, 0.5) is 0 Å². The Labute approximate surface area is 258 Å². The number of carbonyl (C=O) groups is 1. The van der Waals surface area contributed by atoms with Crippen molar-refractivity contribution in [3.63, 3.8) is 0 Å². The van der Waals surface area contributed by atoms with Crippen LogP contribution in [0, 0.1) is 18.3 Å². The Kier molecular flexibility index (Phi) is 8.96. The fraction of sp³-hybridized carbons (Fsp3) is 0.152. The number of rotatable bonds is 9. The molecule has 0 saturated carbocycles. The van der Waals surface area contributed by atoms with Gasteiger partial charge < -0.3 is 29.4 Å². The van der Waals surface area contributed by atoms with Gasteiger partial charge >= 0.3 is 5.97 Å². The lowest BCUT2D eigenvalue weighted by Crippen LogP contribution is -2.22. The zero-order chi connectivity index (χ0) is 30.5. The summed E-state index contributed by atoms with van der Waals surface area (Å²) in [7, 11) is 1.53. The highest BCUT2D eigenvalue weighted by atomic mass is 35.5. The van der Waals surface area contributed by atoms with Gasteiger partial charge in [0.2, 0.25) is 5.88 Å². The van der Waals surface area contributed by atoms with Crippen molar-refractivity contribution in [1.82, 2.24) is 0 Å². The first kappa shape index (κ1) is 29.6. The van der Waals surface area contributed by atoms with E-state index in [2.05, 4.69) is 6.07 Å². The molecule has 218 valence electrons. The van der Waals surface area contributed by atoms with Gasteiger partial charge in [-0.25, -0.2) is 4.79 Å². The fourth-order valence-corrected chi connectivity index (χ4v) is 4.91. The molecule has 1 unspecified atom stereocenters. The zero-order valence-electron chi connectivity index (χ0n) is 23.2. The van der Waals surface area contributed by atoms with E-state index in [1.807, 2.05) is 31.2 Å². The van der Waals surface area contributed by atoms with Crippen LogP contribution >= 0.6 is 23.2 Å². The highest BCUT2D eigenvalue weighted by Crippen LogP contribution is 2.45. The lowest BCUT2D eigenvalue weighted by molar-refractivity contribution is -0.136. The van der Waals surface area contributed by atoms with Crippen LogP contribution in [0.2, 0.25) is 10.0 Å². The lowest BCUT2D eigenvalue weighted by Gasteiger charge is -2.27. The first-order chi connectivity index (χ1) is 20.8. The van der Waals surface area contributed by atoms with Crippen molar-refractivity contribution in [3.05, 3.63) is 123 Å². The Bertz CT molecular complexity index is 1760. The summed E-state index contributed by atoms with van der Waals surface area (Å²) in [4.78, 5) is 12.5. The quantitative estimate of drug-likeness (QED) is 0.157. The van der Waals surface area contributed by atoms with E-state index in [1.165, 1.54) is 7.11 Å².